The number of hydrogen-bond acceptors (Lipinski definition) is 6. The maximum Gasteiger partial charge on any atom is 0.322 e. The molecule has 2 N–H and O–H groups in total. The summed E-state index contributed by atoms with van der Waals surface area (Å²) in [6.45, 7) is 2.80. The minimum atomic E-state index is -0.522. The topological polar surface area (TPSA) is 74.0 Å². The molecule has 1 aliphatic rings. The zero-order valence-corrected chi connectivity index (χ0v) is 14.1. The van der Waals surface area contributed by atoms with Crippen molar-refractivity contribution in [2.75, 3.05) is 34.4 Å². The Labute approximate surface area is 137 Å². The number of nitrogens with two attached hydrogens (primary N) is 1. The van der Waals surface area contributed by atoms with Crippen molar-refractivity contribution >= 4 is 5.97 Å². The Morgan fingerprint density at radius 2 is 2.04 bits per heavy atom. The molecule has 2 rings (SSSR count). The van der Waals surface area contributed by atoms with Crippen molar-refractivity contribution in [3.8, 4) is 11.5 Å². The van der Waals surface area contributed by atoms with Crippen LogP contribution in [0.1, 0.15) is 18.4 Å². The van der Waals surface area contributed by atoms with Crippen molar-refractivity contribution in [1.29, 1.82) is 0 Å². The Hall–Kier alpha value is -1.79. The maximum absolute atomic E-state index is 11.4. The Morgan fingerprint density at radius 3 is 2.70 bits per heavy atom. The largest absolute Gasteiger partial charge is 0.493 e. The first-order valence-electron chi connectivity index (χ1n) is 7.84. The SMILES string of the molecule is COC(=O)C(N)CC1CCN(Cc2ccc(OC)c(OC)c2)C1. The molecular formula is C17H26N2O4. The Balaban J connectivity index is 1.89. The van der Waals surface area contributed by atoms with Crippen LogP contribution < -0.4 is 15.2 Å². The zero-order valence-electron chi connectivity index (χ0n) is 14.1. The Kier molecular flexibility index (Phi) is 6.24. The highest BCUT2D eigenvalue weighted by atomic mass is 16.5. The molecule has 1 saturated heterocycles. The molecule has 1 heterocycles. The quantitative estimate of drug-likeness (QED) is 0.765. The number of ether oxygens (including phenoxy) is 3. The first-order valence-corrected chi connectivity index (χ1v) is 7.84. The summed E-state index contributed by atoms with van der Waals surface area (Å²) in [6.07, 6.45) is 1.73. The molecule has 2 atom stereocenters. The average Bonchev–Trinajstić information content (AvgIpc) is 3.00. The van der Waals surface area contributed by atoms with E-state index < -0.39 is 6.04 Å². The second-order valence-corrected chi connectivity index (χ2v) is 5.94. The van der Waals surface area contributed by atoms with Crippen LogP contribution in [0.4, 0.5) is 0 Å². The van der Waals surface area contributed by atoms with Gasteiger partial charge in [-0.1, -0.05) is 6.07 Å². The molecular weight excluding hydrogens is 296 g/mol. The van der Waals surface area contributed by atoms with E-state index in [0.717, 1.165) is 37.6 Å². The van der Waals surface area contributed by atoms with E-state index in [2.05, 4.69) is 15.7 Å². The highest BCUT2D eigenvalue weighted by Crippen LogP contribution is 2.29. The van der Waals surface area contributed by atoms with E-state index in [1.54, 1.807) is 14.2 Å². The predicted molar refractivity (Wildman–Crippen MR) is 87.5 cm³/mol. The number of hydrogen-bond donors (Lipinski definition) is 1. The van der Waals surface area contributed by atoms with Crippen molar-refractivity contribution in [3.63, 3.8) is 0 Å². The van der Waals surface area contributed by atoms with Gasteiger partial charge in [-0.3, -0.25) is 9.69 Å². The number of benzene rings is 1. The van der Waals surface area contributed by atoms with Crippen molar-refractivity contribution < 1.29 is 19.0 Å². The van der Waals surface area contributed by atoms with Gasteiger partial charge < -0.3 is 19.9 Å². The molecule has 0 aliphatic carbocycles. The van der Waals surface area contributed by atoms with Gasteiger partial charge in [0.25, 0.3) is 0 Å². The van der Waals surface area contributed by atoms with Gasteiger partial charge in [-0.2, -0.15) is 0 Å². The van der Waals surface area contributed by atoms with Crippen LogP contribution >= 0.6 is 0 Å². The molecule has 23 heavy (non-hydrogen) atoms. The van der Waals surface area contributed by atoms with Crippen LogP contribution in [0.2, 0.25) is 0 Å². The van der Waals surface area contributed by atoms with E-state index in [1.165, 1.54) is 12.7 Å². The van der Waals surface area contributed by atoms with Crippen LogP contribution in [-0.2, 0) is 16.1 Å². The fourth-order valence-electron chi connectivity index (χ4n) is 3.09. The van der Waals surface area contributed by atoms with Gasteiger partial charge >= 0.3 is 5.97 Å². The molecule has 0 amide bonds. The summed E-state index contributed by atoms with van der Waals surface area (Å²) in [5.74, 6) is 1.58. The number of likely N-dealkylation sites (tertiary alicyclic amines) is 1. The number of carbonyl (C=O) groups is 1. The van der Waals surface area contributed by atoms with Crippen LogP contribution in [0.3, 0.4) is 0 Å². The second-order valence-electron chi connectivity index (χ2n) is 5.94. The third-order valence-electron chi connectivity index (χ3n) is 4.32. The molecule has 0 saturated carbocycles. The Morgan fingerprint density at radius 1 is 1.30 bits per heavy atom. The van der Waals surface area contributed by atoms with Crippen LogP contribution in [0, 0.1) is 5.92 Å². The number of esters is 1. The lowest BCUT2D eigenvalue weighted by Gasteiger charge is -2.18. The van der Waals surface area contributed by atoms with Gasteiger partial charge in [0.15, 0.2) is 11.5 Å². The average molecular weight is 322 g/mol. The van der Waals surface area contributed by atoms with E-state index >= 15 is 0 Å². The predicted octanol–water partition coefficient (Wildman–Crippen LogP) is 1.42. The highest BCUT2D eigenvalue weighted by molar-refractivity contribution is 5.75. The highest BCUT2D eigenvalue weighted by Gasteiger charge is 2.27. The number of nitrogens with zero attached hydrogens (tertiary/aromatic N) is 1. The van der Waals surface area contributed by atoms with Crippen molar-refractivity contribution in [1.82, 2.24) is 4.90 Å². The molecule has 0 spiro atoms. The maximum atomic E-state index is 11.4. The molecule has 6 nitrogen and oxygen atoms in total. The van der Waals surface area contributed by atoms with Crippen LogP contribution in [-0.4, -0.2) is 51.3 Å². The minimum absolute atomic E-state index is 0.330. The van der Waals surface area contributed by atoms with E-state index in [0.29, 0.717) is 12.3 Å². The lowest BCUT2D eigenvalue weighted by atomic mass is 10.00. The Bertz CT molecular complexity index is 535. The number of carbonyl (C=O) groups excluding carboxylic acids is 1. The molecule has 0 bridgehead atoms. The van der Waals surface area contributed by atoms with E-state index in [1.807, 2.05) is 12.1 Å². The molecule has 1 aromatic rings. The normalized spacial score (nSPS) is 19.4. The van der Waals surface area contributed by atoms with Gasteiger partial charge in [-0.15, -0.1) is 0 Å². The van der Waals surface area contributed by atoms with Gasteiger partial charge in [0.1, 0.15) is 6.04 Å². The molecule has 1 aromatic carbocycles. The molecule has 0 aromatic heterocycles. The van der Waals surface area contributed by atoms with Crippen molar-refractivity contribution in [3.05, 3.63) is 23.8 Å². The first-order chi connectivity index (χ1) is 11.1. The summed E-state index contributed by atoms with van der Waals surface area (Å²) in [4.78, 5) is 13.8. The number of rotatable bonds is 7. The summed E-state index contributed by atoms with van der Waals surface area (Å²) in [6, 6.07) is 5.46. The van der Waals surface area contributed by atoms with Gasteiger partial charge in [-0.05, 0) is 43.0 Å². The van der Waals surface area contributed by atoms with Gasteiger partial charge in [-0.25, -0.2) is 0 Å². The third kappa shape index (κ3) is 4.59. The molecule has 128 valence electrons. The van der Waals surface area contributed by atoms with Gasteiger partial charge in [0.05, 0.1) is 21.3 Å². The lowest BCUT2D eigenvalue weighted by Crippen LogP contribution is -2.34. The molecule has 1 fully saturated rings. The lowest BCUT2D eigenvalue weighted by molar-refractivity contribution is -0.142. The summed E-state index contributed by atoms with van der Waals surface area (Å²) in [5, 5.41) is 0. The standard InChI is InChI=1S/C17H26N2O4/c1-21-15-5-4-12(9-16(15)22-2)10-19-7-6-13(11-19)8-14(18)17(20)23-3/h4-5,9,13-14H,6-8,10-11,18H2,1-3H3. The monoisotopic (exact) mass is 322 g/mol. The fraction of sp³-hybridized carbons (Fsp3) is 0.588. The third-order valence-corrected chi connectivity index (χ3v) is 4.32. The summed E-state index contributed by atoms with van der Waals surface area (Å²) < 4.78 is 15.3. The van der Waals surface area contributed by atoms with Crippen molar-refractivity contribution in [2.24, 2.45) is 11.7 Å². The second kappa shape index (κ2) is 8.17. The number of methoxy groups -OCH3 is 3. The minimum Gasteiger partial charge on any atom is -0.493 e. The summed E-state index contributed by atoms with van der Waals surface area (Å²) >= 11 is 0. The van der Waals surface area contributed by atoms with Gasteiger partial charge in [0.2, 0.25) is 0 Å². The van der Waals surface area contributed by atoms with E-state index in [9.17, 15) is 4.79 Å². The first kappa shape index (κ1) is 17.6. The van der Waals surface area contributed by atoms with E-state index in [-0.39, 0.29) is 5.97 Å². The summed E-state index contributed by atoms with van der Waals surface area (Å²) in [5.41, 5.74) is 7.03. The molecule has 1 aliphatic heterocycles. The molecule has 2 unspecified atom stereocenters. The smallest absolute Gasteiger partial charge is 0.322 e. The van der Waals surface area contributed by atoms with E-state index in [4.69, 9.17) is 15.2 Å². The van der Waals surface area contributed by atoms with Crippen LogP contribution in [0.25, 0.3) is 0 Å². The zero-order chi connectivity index (χ0) is 16.8. The summed E-state index contributed by atoms with van der Waals surface area (Å²) in [7, 11) is 4.65. The van der Waals surface area contributed by atoms with Crippen molar-refractivity contribution in [2.45, 2.75) is 25.4 Å². The van der Waals surface area contributed by atoms with Gasteiger partial charge in [0, 0.05) is 13.1 Å². The van der Waals surface area contributed by atoms with Crippen LogP contribution in [0.15, 0.2) is 18.2 Å². The van der Waals surface area contributed by atoms with Crippen LogP contribution in [0.5, 0.6) is 11.5 Å². The molecule has 0 radical (unpaired) electrons. The molecule has 6 heteroatoms. The fourth-order valence-corrected chi connectivity index (χ4v) is 3.09.